The van der Waals surface area contributed by atoms with Crippen molar-refractivity contribution in [3.8, 4) is 0 Å². The van der Waals surface area contributed by atoms with E-state index in [2.05, 4.69) is 55.4 Å². The highest BCUT2D eigenvalue weighted by atomic mass is 31.2. The highest BCUT2D eigenvalue weighted by molar-refractivity contribution is 7.47. The third-order valence-electron chi connectivity index (χ3n) is 15.3. The van der Waals surface area contributed by atoms with Gasteiger partial charge in [-0.1, -0.05) is 274 Å². The van der Waals surface area contributed by atoms with E-state index in [9.17, 15) is 43.2 Å². The molecule has 2 unspecified atom stereocenters. The SMILES string of the molecule is CC(C)CCCCCCCCCCCCCCCC(=O)O[C@H](COC(=O)CCCCCCCCC(C)C)COP(=O)(O)OC[C@H](O)COP(=O)(O)OC[C@@H](COC(=O)CCCCCCCCC(C)C)OC(=O)CCCCCCCCCCCC(C)C. The molecule has 0 saturated heterocycles. The van der Waals surface area contributed by atoms with E-state index in [4.69, 9.17) is 37.0 Å². The highest BCUT2D eigenvalue weighted by Crippen LogP contribution is 2.45. The van der Waals surface area contributed by atoms with Gasteiger partial charge in [0, 0.05) is 25.7 Å². The van der Waals surface area contributed by atoms with Gasteiger partial charge in [-0.3, -0.25) is 37.3 Å². The molecule has 0 amide bonds. The van der Waals surface area contributed by atoms with Crippen LogP contribution in [0.15, 0.2) is 0 Å². The molecule has 0 aromatic rings. The first-order valence-electron chi connectivity index (χ1n) is 34.7. The zero-order valence-electron chi connectivity index (χ0n) is 55.9. The highest BCUT2D eigenvalue weighted by Gasteiger charge is 2.30. The van der Waals surface area contributed by atoms with E-state index in [1.165, 1.54) is 116 Å². The lowest BCUT2D eigenvalue weighted by Crippen LogP contribution is -2.30. The van der Waals surface area contributed by atoms with E-state index in [0.717, 1.165) is 115 Å². The number of phosphoric ester groups is 2. The summed E-state index contributed by atoms with van der Waals surface area (Å²) in [5.41, 5.74) is 0. The van der Waals surface area contributed by atoms with Crippen LogP contribution >= 0.6 is 15.6 Å². The van der Waals surface area contributed by atoms with Crippen LogP contribution in [-0.4, -0.2) is 96.7 Å². The number of carbonyl (C=O) groups is 4. The minimum absolute atomic E-state index is 0.103. The first-order valence-corrected chi connectivity index (χ1v) is 37.7. The van der Waals surface area contributed by atoms with Crippen LogP contribution in [0.3, 0.4) is 0 Å². The molecule has 510 valence electrons. The number of rotatable bonds is 64. The summed E-state index contributed by atoms with van der Waals surface area (Å²) in [7, 11) is -9.89. The van der Waals surface area contributed by atoms with E-state index >= 15 is 0 Å². The number of phosphoric acid groups is 2. The molecule has 0 bridgehead atoms. The van der Waals surface area contributed by atoms with Gasteiger partial charge in [0.05, 0.1) is 26.4 Å². The van der Waals surface area contributed by atoms with Gasteiger partial charge in [-0.15, -0.1) is 0 Å². The van der Waals surface area contributed by atoms with Crippen LogP contribution in [-0.2, 0) is 65.4 Å². The smallest absolute Gasteiger partial charge is 0.462 e. The standard InChI is InChI=1S/C67H130O17P2/c1-57(2)43-35-27-19-15-12-10-9-11-13-17-21-33-41-49-66(71)83-62(53-77-64(69)47-39-31-25-23-29-37-45-59(5)6)55-81-85(73,74)79-51-61(68)52-80-86(75,76)82-56-63(54-78-65(70)48-40-32-26-24-30-38-46-60(7)8)84-67(72)50-42-34-22-18-14-16-20-28-36-44-58(3)4/h57-63,68H,9-56H2,1-8H3,(H,73,74)(H,75,76)/t61-,62+,63+/m0/s1. The van der Waals surface area contributed by atoms with E-state index < -0.39 is 97.5 Å². The zero-order valence-corrected chi connectivity index (χ0v) is 57.7. The Morgan fingerprint density at radius 3 is 0.721 bits per heavy atom. The summed E-state index contributed by atoms with van der Waals surface area (Å²) in [6.45, 7) is 13.9. The minimum Gasteiger partial charge on any atom is -0.462 e. The fraction of sp³-hybridized carbons (Fsp3) is 0.940. The quantitative estimate of drug-likeness (QED) is 0.0222. The van der Waals surface area contributed by atoms with Gasteiger partial charge in [0.2, 0.25) is 0 Å². The number of esters is 4. The maximum atomic E-state index is 13.0. The van der Waals surface area contributed by atoms with Gasteiger partial charge in [0.1, 0.15) is 19.3 Å². The lowest BCUT2D eigenvalue weighted by molar-refractivity contribution is -0.161. The van der Waals surface area contributed by atoms with E-state index in [1.807, 2.05) is 0 Å². The summed E-state index contributed by atoms with van der Waals surface area (Å²) in [6, 6.07) is 0. The van der Waals surface area contributed by atoms with Crippen molar-refractivity contribution < 1.29 is 80.2 Å². The summed E-state index contributed by atoms with van der Waals surface area (Å²) in [6.07, 6.45) is 37.9. The average molecular weight is 1270 g/mol. The summed E-state index contributed by atoms with van der Waals surface area (Å²) in [5, 5.41) is 10.6. The fourth-order valence-corrected chi connectivity index (χ4v) is 11.5. The Hall–Kier alpha value is -1.94. The Bertz CT molecular complexity index is 1710. The van der Waals surface area contributed by atoms with Crippen molar-refractivity contribution in [2.24, 2.45) is 23.7 Å². The largest absolute Gasteiger partial charge is 0.472 e. The first kappa shape index (κ1) is 84.1. The second-order valence-corrected chi connectivity index (χ2v) is 29.0. The second-order valence-electron chi connectivity index (χ2n) is 26.1. The van der Waals surface area contributed by atoms with E-state index in [1.54, 1.807) is 0 Å². The third kappa shape index (κ3) is 60.9. The number of carbonyl (C=O) groups excluding carboxylic acids is 4. The maximum Gasteiger partial charge on any atom is 0.472 e. The number of ether oxygens (including phenoxy) is 4. The minimum atomic E-state index is -4.95. The fourth-order valence-electron chi connectivity index (χ4n) is 9.96. The molecular weight excluding hydrogens is 1140 g/mol. The monoisotopic (exact) mass is 1270 g/mol. The summed E-state index contributed by atoms with van der Waals surface area (Å²) < 4.78 is 68.1. The second kappa shape index (κ2) is 57.0. The number of aliphatic hydroxyl groups is 1. The predicted octanol–water partition coefficient (Wildman–Crippen LogP) is 18.5. The van der Waals surface area contributed by atoms with Gasteiger partial charge in [-0.2, -0.15) is 0 Å². The maximum absolute atomic E-state index is 13.0. The van der Waals surface area contributed by atoms with Crippen molar-refractivity contribution in [2.45, 2.75) is 343 Å². The molecule has 17 nitrogen and oxygen atoms in total. The molecule has 0 saturated carbocycles. The van der Waals surface area contributed by atoms with Crippen molar-refractivity contribution in [3.63, 3.8) is 0 Å². The lowest BCUT2D eigenvalue weighted by atomic mass is 10.0. The van der Waals surface area contributed by atoms with Crippen LogP contribution in [0.25, 0.3) is 0 Å². The number of unbranched alkanes of at least 4 members (excludes halogenated alkanes) is 30. The lowest BCUT2D eigenvalue weighted by Gasteiger charge is -2.21. The molecule has 19 heteroatoms. The van der Waals surface area contributed by atoms with Gasteiger partial charge < -0.3 is 33.8 Å². The summed E-state index contributed by atoms with van der Waals surface area (Å²) >= 11 is 0. The van der Waals surface area contributed by atoms with Gasteiger partial charge in [-0.05, 0) is 49.4 Å². The number of hydrogen-bond acceptors (Lipinski definition) is 15. The van der Waals surface area contributed by atoms with Gasteiger partial charge in [-0.25, -0.2) is 9.13 Å². The third-order valence-corrected chi connectivity index (χ3v) is 17.2. The molecule has 0 aliphatic heterocycles. The molecule has 0 radical (unpaired) electrons. The predicted molar refractivity (Wildman–Crippen MR) is 344 cm³/mol. The molecule has 0 fully saturated rings. The normalized spacial score (nSPS) is 14.4. The van der Waals surface area contributed by atoms with E-state index in [0.29, 0.717) is 37.5 Å². The molecule has 0 aliphatic carbocycles. The molecule has 86 heavy (non-hydrogen) atoms. The summed E-state index contributed by atoms with van der Waals surface area (Å²) in [5.74, 6) is 0.744. The van der Waals surface area contributed by atoms with Crippen LogP contribution < -0.4 is 0 Å². The molecule has 3 N–H and O–H groups in total. The van der Waals surface area contributed by atoms with Crippen molar-refractivity contribution in [1.29, 1.82) is 0 Å². The molecule has 0 aromatic heterocycles. The average Bonchev–Trinajstić information content (AvgIpc) is 3.46. The van der Waals surface area contributed by atoms with Crippen LogP contribution in [0.5, 0.6) is 0 Å². The molecule has 0 aliphatic rings. The molecule has 0 aromatic carbocycles. The molecular formula is C67H130O17P2. The van der Waals surface area contributed by atoms with Crippen molar-refractivity contribution in [1.82, 2.24) is 0 Å². The Labute approximate surface area is 524 Å². The number of aliphatic hydroxyl groups excluding tert-OH is 1. The van der Waals surface area contributed by atoms with Crippen molar-refractivity contribution in [2.75, 3.05) is 39.6 Å². The van der Waals surface area contributed by atoms with Crippen LogP contribution in [0, 0.1) is 23.7 Å². The van der Waals surface area contributed by atoms with Crippen molar-refractivity contribution >= 4 is 39.5 Å². The first-order chi connectivity index (χ1) is 41.1. The Morgan fingerprint density at radius 2 is 0.488 bits per heavy atom. The Balaban J connectivity index is 5.22. The van der Waals surface area contributed by atoms with Crippen LogP contribution in [0.2, 0.25) is 0 Å². The Morgan fingerprint density at radius 1 is 0.291 bits per heavy atom. The van der Waals surface area contributed by atoms with E-state index in [-0.39, 0.29) is 25.7 Å². The molecule has 5 atom stereocenters. The molecule has 0 spiro atoms. The topological polar surface area (TPSA) is 237 Å². The zero-order chi connectivity index (χ0) is 63.9. The Kier molecular flexibility index (Phi) is 55.7. The van der Waals surface area contributed by atoms with Crippen molar-refractivity contribution in [3.05, 3.63) is 0 Å². The van der Waals surface area contributed by atoms with Gasteiger partial charge in [0.25, 0.3) is 0 Å². The molecule has 0 heterocycles. The molecule has 0 rings (SSSR count). The van der Waals surface area contributed by atoms with Crippen LogP contribution in [0.4, 0.5) is 0 Å². The van der Waals surface area contributed by atoms with Gasteiger partial charge in [0.15, 0.2) is 12.2 Å². The number of hydrogen-bond donors (Lipinski definition) is 3. The summed E-state index contributed by atoms with van der Waals surface area (Å²) in [4.78, 5) is 72.3. The van der Waals surface area contributed by atoms with Crippen LogP contribution in [0.1, 0.15) is 325 Å². The van der Waals surface area contributed by atoms with Gasteiger partial charge >= 0.3 is 39.5 Å².